The first-order valence-electron chi connectivity index (χ1n) is 10.8. The molecule has 1 aliphatic rings. The zero-order chi connectivity index (χ0) is 22.7. The van der Waals surface area contributed by atoms with Gasteiger partial charge in [0.25, 0.3) is 0 Å². The van der Waals surface area contributed by atoms with Crippen molar-refractivity contribution in [2.45, 2.75) is 37.6 Å². The predicted octanol–water partition coefficient (Wildman–Crippen LogP) is 2.66. The summed E-state index contributed by atoms with van der Waals surface area (Å²) in [5, 5.41) is 17.0. The number of carbonyl (C=O) groups is 1. The van der Waals surface area contributed by atoms with Gasteiger partial charge in [0.1, 0.15) is 11.2 Å². The number of nitrogens with zero attached hydrogens (tertiary/aromatic N) is 4. The van der Waals surface area contributed by atoms with Gasteiger partial charge in [0.2, 0.25) is 5.91 Å². The van der Waals surface area contributed by atoms with E-state index in [1.54, 1.807) is 4.57 Å². The number of morpholine rings is 1. The number of amides is 1. The molecule has 1 amide bonds. The van der Waals surface area contributed by atoms with Crippen molar-refractivity contribution in [2.75, 3.05) is 32.9 Å². The molecular weight excluding hydrogens is 428 g/mol. The Balaban J connectivity index is 1.76. The molecule has 3 aromatic rings. The van der Waals surface area contributed by atoms with Crippen molar-refractivity contribution in [2.24, 2.45) is 0 Å². The van der Waals surface area contributed by atoms with Crippen LogP contribution in [0.4, 0.5) is 0 Å². The van der Waals surface area contributed by atoms with Gasteiger partial charge in [-0.15, -0.1) is 0 Å². The molecule has 0 saturated carbocycles. The van der Waals surface area contributed by atoms with Gasteiger partial charge in [0.15, 0.2) is 10.8 Å². The third-order valence-corrected chi connectivity index (χ3v) is 6.71. The minimum absolute atomic E-state index is 0.0747. The van der Waals surface area contributed by atoms with Crippen molar-refractivity contribution in [3.05, 3.63) is 35.4 Å². The lowest BCUT2D eigenvalue weighted by molar-refractivity contribution is -0.134. The van der Waals surface area contributed by atoms with E-state index in [1.165, 1.54) is 11.8 Å². The van der Waals surface area contributed by atoms with Gasteiger partial charge in [-0.1, -0.05) is 18.7 Å². The number of rotatable bonds is 7. The van der Waals surface area contributed by atoms with Gasteiger partial charge in [0.05, 0.1) is 30.5 Å². The molecule has 9 nitrogen and oxygen atoms in total. The third kappa shape index (κ3) is 4.37. The lowest BCUT2D eigenvalue weighted by Gasteiger charge is -2.30. The average Bonchev–Trinajstić information content (AvgIpc) is 3.19. The Morgan fingerprint density at radius 2 is 2.00 bits per heavy atom. The fraction of sp³-hybridized carbons (Fsp3) is 0.455. The van der Waals surface area contributed by atoms with Crippen LogP contribution >= 0.6 is 11.8 Å². The number of aromatic nitrogens is 4. The molecule has 0 radical (unpaired) electrons. The first-order valence-corrected chi connectivity index (χ1v) is 11.7. The van der Waals surface area contributed by atoms with Gasteiger partial charge >= 0.3 is 0 Å². The molecule has 0 spiro atoms. The van der Waals surface area contributed by atoms with Crippen LogP contribution in [0.2, 0.25) is 0 Å². The molecule has 1 aliphatic heterocycles. The normalized spacial score (nSPS) is 15.2. The smallest absolute Gasteiger partial charge is 0.236 e. The summed E-state index contributed by atoms with van der Waals surface area (Å²) >= 11 is 1.38. The lowest BCUT2D eigenvalue weighted by Crippen LogP contribution is -2.44. The molecule has 0 bridgehead atoms. The molecule has 2 N–H and O–H groups in total. The molecule has 2 aromatic heterocycles. The van der Waals surface area contributed by atoms with Gasteiger partial charge in [-0.3, -0.25) is 19.9 Å². The van der Waals surface area contributed by atoms with Crippen LogP contribution < -0.4 is 10.2 Å². The molecule has 3 heterocycles. The van der Waals surface area contributed by atoms with Crippen molar-refractivity contribution >= 4 is 28.7 Å². The summed E-state index contributed by atoms with van der Waals surface area (Å²) in [7, 11) is 0. The maximum absolute atomic E-state index is 13.2. The van der Waals surface area contributed by atoms with Crippen LogP contribution in [0.25, 0.3) is 16.7 Å². The second-order valence-electron chi connectivity index (χ2n) is 7.50. The highest BCUT2D eigenvalue weighted by atomic mass is 32.2. The molecule has 0 unspecified atom stereocenters. The van der Waals surface area contributed by atoms with Crippen LogP contribution in [-0.2, 0) is 9.53 Å². The summed E-state index contributed by atoms with van der Waals surface area (Å²) in [6.45, 7) is 8.72. The molecule has 1 fully saturated rings. The highest BCUT2D eigenvalue weighted by Gasteiger charge is 2.28. The number of ether oxygens (including phenoxy) is 2. The number of aromatic amines is 1. The number of hydrogen-bond donors (Lipinski definition) is 2. The maximum atomic E-state index is 13.2. The highest BCUT2D eigenvalue weighted by molar-refractivity contribution is 8.00. The number of aryl methyl sites for hydroxylation is 1. The number of carbonyl (C=O) groups excluding carboxylic acids is 1. The van der Waals surface area contributed by atoms with E-state index in [9.17, 15) is 4.79 Å². The summed E-state index contributed by atoms with van der Waals surface area (Å²) in [4.78, 5) is 19.8. The fourth-order valence-electron chi connectivity index (χ4n) is 3.73. The van der Waals surface area contributed by atoms with Crippen molar-refractivity contribution < 1.29 is 14.3 Å². The van der Waals surface area contributed by atoms with Gasteiger partial charge < -0.3 is 14.4 Å². The summed E-state index contributed by atoms with van der Waals surface area (Å²) in [5.74, 6) is 0.839. The van der Waals surface area contributed by atoms with Crippen LogP contribution in [0.3, 0.4) is 0 Å². The summed E-state index contributed by atoms with van der Waals surface area (Å²) in [6, 6.07) is 7.56. The van der Waals surface area contributed by atoms with Crippen LogP contribution in [0, 0.1) is 12.3 Å². The molecule has 1 saturated heterocycles. The van der Waals surface area contributed by atoms with Crippen LogP contribution in [0.5, 0.6) is 5.75 Å². The Kier molecular flexibility index (Phi) is 6.80. The predicted molar refractivity (Wildman–Crippen MR) is 122 cm³/mol. The van der Waals surface area contributed by atoms with E-state index in [-0.39, 0.29) is 16.6 Å². The van der Waals surface area contributed by atoms with Crippen LogP contribution in [0.15, 0.2) is 29.4 Å². The Labute approximate surface area is 190 Å². The van der Waals surface area contributed by atoms with Crippen molar-refractivity contribution in [3.8, 4) is 11.4 Å². The van der Waals surface area contributed by atoms with Gasteiger partial charge in [-0.2, -0.15) is 5.10 Å². The Morgan fingerprint density at radius 1 is 1.28 bits per heavy atom. The van der Waals surface area contributed by atoms with E-state index in [1.807, 2.05) is 49.9 Å². The molecular formula is C22H28N6O3S. The highest BCUT2D eigenvalue weighted by Crippen LogP contribution is 2.29. The SMILES string of the molecule is CCOc1ccc(-n2c(S[C@@H](CC)C(=O)N3CCOCC3)nc3n[nH]c(C)c3c2=N)cc1. The molecule has 1 aromatic carbocycles. The van der Waals surface area contributed by atoms with Gasteiger partial charge in [0, 0.05) is 24.5 Å². The Bertz CT molecular complexity index is 1150. The minimum atomic E-state index is -0.313. The summed E-state index contributed by atoms with van der Waals surface area (Å²) in [6.07, 6.45) is 0.650. The number of fused-ring (bicyclic) bond motifs is 1. The Morgan fingerprint density at radius 3 is 2.66 bits per heavy atom. The zero-order valence-electron chi connectivity index (χ0n) is 18.6. The largest absolute Gasteiger partial charge is 0.494 e. The van der Waals surface area contributed by atoms with E-state index in [0.29, 0.717) is 55.5 Å². The van der Waals surface area contributed by atoms with Crippen molar-refractivity contribution in [1.82, 2.24) is 24.6 Å². The molecule has 0 aliphatic carbocycles. The maximum Gasteiger partial charge on any atom is 0.236 e. The quantitative estimate of drug-likeness (QED) is 0.418. The second kappa shape index (κ2) is 9.74. The fourth-order valence-corrected chi connectivity index (χ4v) is 4.84. The van der Waals surface area contributed by atoms with E-state index >= 15 is 0 Å². The summed E-state index contributed by atoms with van der Waals surface area (Å²) in [5.41, 5.74) is 2.32. The van der Waals surface area contributed by atoms with E-state index in [0.717, 1.165) is 17.1 Å². The topological polar surface area (TPSA) is 109 Å². The van der Waals surface area contributed by atoms with Crippen molar-refractivity contribution in [1.29, 1.82) is 5.41 Å². The number of benzene rings is 1. The third-order valence-electron chi connectivity index (χ3n) is 5.40. The molecule has 170 valence electrons. The van der Waals surface area contributed by atoms with E-state index in [4.69, 9.17) is 19.9 Å². The number of hydrogen-bond acceptors (Lipinski definition) is 7. The average molecular weight is 457 g/mol. The van der Waals surface area contributed by atoms with Gasteiger partial charge in [-0.25, -0.2) is 4.98 Å². The molecule has 32 heavy (non-hydrogen) atoms. The molecule has 1 atom stereocenters. The molecule has 10 heteroatoms. The Hall–Kier alpha value is -2.85. The second-order valence-corrected chi connectivity index (χ2v) is 8.67. The first kappa shape index (κ1) is 22.3. The first-order chi connectivity index (χ1) is 15.5. The zero-order valence-corrected chi connectivity index (χ0v) is 19.4. The number of nitrogens with one attached hydrogen (secondary N) is 2. The summed E-state index contributed by atoms with van der Waals surface area (Å²) < 4.78 is 12.7. The van der Waals surface area contributed by atoms with Crippen LogP contribution in [-0.4, -0.2) is 68.7 Å². The van der Waals surface area contributed by atoms with Crippen LogP contribution in [0.1, 0.15) is 26.0 Å². The number of H-pyrrole nitrogens is 1. The standard InChI is InChI=1S/C22H28N6O3S/c1-4-17(21(29)27-10-12-30-13-11-27)32-22-24-20-18(14(3)25-26-20)19(23)28(22)15-6-8-16(9-7-15)31-5-2/h6-9,17,23H,4-5,10-13H2,1-3H3,(H,25,26)/t17-/m0/s1. The van der Waals surface area contributed by atoms with E-state index < -0.39 is 0 Å². The number of thioether (sulfide) groups is 1. The van der Waals surface area contributed by atoms with Gasteiger partial charge in [-0.05, 0) is 44.5 Å². The van der Waals surface area contributed by atoms with Crippen molar-refractivity contribution in [3.63, 3.8) is 0 Å². The lowest BCUT2D eigenvalue weighted by atomic mass is 10.2. The minimum Gasteiger partial charge on any atom is -0.494 e. The van der Waals surface area contributed by atoms with E-state index in [2.05, 4.69) is 10.2 Å². The monoisotopic (exact) mass is 456 g/mol. The molecule has 4 rings (SSSR count).